The van der Waals surface area contributed by atoms with Crippen LogP contribution in [0, 0.1) is 18.6 Å². The molecule has 1 unspecified atom stereocenters. The van der Waals surface area contributed by atoms with Gasteiger partial charge >= 0.3 is 0 Å². The Bertz CT molecular complexity index is 700. The van der Waals surface area contributed by atoms with Crippen LogP contribution in [0.3, 0.4) is 0 Å². The molecule has 0 bridgehead atoms. The van der Waals surface area contributed by atoms with Crippen LogP contribution in [0.1, 0.15) is 17.2 Å². The fraction of sp³-hybridized carbons (Fsp3) is 0.133. The van der Waals surface area contributed by atoms with Crippen LogP contribution < -0.4 is 10.6 Å². The van der Waals surface area contributed by atoms with Crippen molar-refractivity contribution in [2.75, 3.05) is 10.6 Å². The Morgan fingerprint density at radius 3 is 2.60 bits per heavy atom. The second-order valence-corrected chi connectivity index (χ2v) is 4.76. The summed E-state index contributed by atoms with van der Waals surface area (Å²) in [5.41, 5.74) is 2.47. The number of fused-ring (bicyclic) bond motifs is 1. The summed E-state index contributed by atoms with van der Waals surface area (Å²) in [7, 11) is 0. The molecule has 1 aliphatic heterocycles. The molecule has 1 aliphatic rings. The molecule has 0 fully saturated rings. The molecule has 0 saturated heterocycles. The van der Waals surface area contributed by atoms with E-state index in [1.165, 1.54) is 24.3 Å². The summed E-state index contributed by atoms with van der Waals surface area (Å²) in [6.07, 6.45) is 0. The van der Waals surface area contributed by atoms with Gasteiger partial charge in [0.25, 0.3) is 5.91 Å². The number of aryl methyl sites for hydroxylation is 1. The molecule has 2 aromatic carbocycles. The van der Waals surface area contributed by atoms with Gasteiger partial charge in [0.05, 0.1) is 0 Å². The summed E-state index contributed by atoms with van der Waals surface area (Å²) in [4.78, 5) is 12.0. The number of halogens is 2. The van der Waals surface area contributed by atoms with Crippen molar-refractivity contribution in [3.8, 4) is 0 Å². The van der Waals surface area contributed by atoms with E-state index in [0.29, 0.717) is 16.9 Å². The lowest BCUT2D eigenvalue weighted by atomic mass is 10.1. The second kappa shape index (κ2) is 4.59. The molecule has 1 atom stereocenters. The summed E-state index contributed by atoms with van der Waals surface area (Å²) in [6, 6.07) is 7.80. The van der Waals surface area contributed by atoms with Gasteiger partial charge in [-0.15, -0.1) is 0 Å². The van der Waals surface area contributed by atoms with E-state index in [2.05, 4.69) is 10.6 Å². The topological polar surface area (TPSA) is 41.1 Å². The van der Waals surface area contributed by atoms with Crippen molar-refractivity contribution >= 4 is 17.3 Å². The normalized spacial score (nSPS) is 16.8. The maximum Gasteiger partial charge on any atom is 0.251 e. The van der Waals surface area contributed by atoms with Crippen LogP contribution in [0.25, 0.3) is 0 Å². The van der Waals surface area contributed by atoms with Crippen molar-refractivity contribution in [2.45, 2.75) is 13.0 Å². The number of carbonyl (C=O) groups excluding carboxylic acids is 1. The van der Waals surface area contributed by atoms with Crippen molar-refractivity contribution in [3.05, 3.63) is 59.2 Å². The summed E-state index contributed by atoms with van der Waals surface area (Å²) < 4.78 is 26.4. The lowest BCUT2D eigenvalue weighted by Gasteiger charge is -2.15. The molecule has 1 amide bonds. The van der Waals surface area contributed by atoms with Crippen molar-refractivity contribution in [3.63, 3.8) is 0 Å². The number of anilines is 2. The van der Waals surface area contributed by atoms with E-state index >= 15 is 0 Å². The van der Waals surface area contributed by atoms with Crippen LogP contribution in [0.15, 0.2) is 36.4 Å². The third-order valence-corrected chi connectivity index (χ3v) is 3.35. The zero-order valence-corrected chi connectivity index (χ0v) is 10.7. The first-order valence-electron chi connectivity index (χ1n) is 6.17. The highest BCUT2D eigenvalue weighted by Gasteiger charge is 2.31. The molecule has 0 radical (unpaired) electrons. The molecular formula is C15H12F2N2O. The molecule has 1 heterocycles. The van der Waals surface area contributed by atoms with Gasteiger partial charge in [-0.2, -0.15) is 0 Å². The second-order valence-electron chi connectivity index (χ2n) is 4.76. The van der Waals surface area contributed by atoms with E-state index in [-0.39, 0.29) is 11.7 Å². The van der Waals surface area contributed by atoms with Crippen LogP contribution in [-0.2, 0) is 4.79 Å². The van der Waals surface area contributed by atoms with Gasteiger partial charge in [0, 0.05) is 16.9 Å². The van der Waals surface area contributed by atoms with Crippen molar-refractivity contribution in [2.24, 2.45) is 0 Å². The van der Waals surface area contributed by atoms with Gasteiger partial charge in [0.1, 0.15) is 17.7 Å². The third kappa shape index (κ3) is 2.11. The zero-order chi connectivity index (χ0) is 14.3. The van der Waals surface area contributed by atoms with Crippen LogP contribution in [-0.4, -0.2) is 5.91 Å². The third-order valence-electron chi connectivity index (χ3n) is 3.35. The number of hydrogen-bond donors (Lipinski definition) is 2. The number of benzene rings is 2. The Kier molecular flexibility index (Phi) is 2.89. The first kappa shape index (κ1) is 12.6. The summed E-state index contributed by atoms with van der Waals surface area (Å²) in [6.45, 7) is 1.82. The quantitative estimate of drug-likeness (QED) is 0.881. The molecule has 2 aromatic rings. The predicted octanol–water partition coefficient (Wildman–Crippen LogP) is 3.38. The number of hydrogen-bond acceptors (Lipinski definition) is 2. The largest absolute Gasteiger partial charge is 0.370 e. The molecule has 102 valence electrons. The van der Waals surface area contributed by atoms with E-state index < -0.39 is 11.9 Å². The van der Waals surface area contributed by atoms with E-state index in [1.807, 2.05) is 6.92 Å². The first-order chi connectivity index (χ1) is 9.54. The minimum atomic E-state index is -0.647. The van der Waals surface area contributed by atoms with E-state index in [1.54, 1.807) is 12.1 Å². The molecule has 3 rings (SSSR count). The lowest BCUT2D eigenvalue weighted by Crippen LogP contribution is -2.20. The first-order valence-corrected chi connectivity index (χ1v) is 6.17. The Morgan fingerprint density at radius 1 is 1.10 bits per heavy atom. The predicted molar refractivity (Wildman–Crippen MR) is 72.5 cm³/mol. The van der Waals surface area contributed by atoms with Crippen molar-refractivity contribution < 1.29 is 13.6 Å². The van der Waals surface area contributed by atoms with Crippen LogP contribution in [0.5, 0.6) is 0 Å². The van der Waals surface area contributed by atoms with Gasteiger partial charge in [-0.05, 0) is 36.8 Å². The van der Waals surface area contributed by atoms with Gasteiger partial charge in [-0.25, -0.2) is 8.78 Å². The summed E-state index contributed by atoms with van der Waals surface area (Å²) in [5.74, 6) is -1.07. The van der Waals surface area contributed by atoms with Crippen LogP contribution >= 0.6 is 0 Å². The van der Waals surface area contributed by atoms with Gasteiger partial charge in [0.2, 0.25) is 0 Å². The van der Waals surface area contributed by atoms with Gasteiger partial charge in [-0.3, -0.25) is 4.79 Å². The van der Waals surface area contributed by atoms with Crippen molar-refractivity contribution in [1.29, 1.82) is 0 Å². The van der Waals surface area contributed by atoms with E-state index in [9.17, 15) is 13.6 Å². The van der Waals surface area contributed by atoms with Gasteiger partial charge in [0.15, 0.2) is 0 Å². The number of rotatable bonds is 2. The molecule has 5 heteroatoms. The smallest absolute Gasteiger partial charge is 0.251 e. The highest BCUT2D eigenvalue weighted by atomic mass is 19.1. The standard InChI is InChI=1S/C15H12F2N2O/c1-8-2-3-9(16)6-12(8)18-14-11-5-4-10(17)7-13(11)19-15(14)20/h2-7,14,18H,1H3,(H,19,20). The highest BCUT2D eigenvalue weighted by Crippen LogP contribution is 2.34. The monoisotopic (exact) mass is 274 g/mol. The molecule has 0 aliphatic carbocycles. The molecular weight excluding hydrogens is 262 g/mol. The fourth-order valence-corrected chi connectivity index (χ4v) is 2.28. The lowest BCUT2D eigenvalue weighted by molar-refractivity contribution is -0.116. The minimum absolute atomic E-state index is 0.283. The Morgan fingerprint density at radius 2 is 1.80 bits per heavy atom. The van der Waals surface area contributed by atoms with Crippen LogP contribution in [0.4, 0.5) is 20.2 Å². The minimum Gasteiger partial charge on any atom is -0.370 e. The molecule has 0 saturated carbocycles. The van der Waals surface area contributed by atoms with Gasteiger partial charge in [-0.1, -0.05) is 12.1 Å². The average molecular weight is 274 g/mol. The van der Waals surface area contributed by atoms with Crippen molar-refractivity contribution in [1.82, 2.24) is 0 Å². The molecule has 0 spiro atoms. The number of nitrogens with one attached hydrogen (secondary N) is 2. The van der Waals surface area contributed by atoms with E-state index in [0.717, 1.165) is 5.56 Å². The van der Waals surface area contributed by atoms with E-state index in [4.69, 9.17) is 0 Å². The van der Waals surface area contributed by atoms with Gasteiger partial charge < -0.3 is 10.6 Å². The molecule has 2 N–H and O–H groups in total. The maximum absolute atomic E-state index is 13.3. The molecule has 0 aromatic heterocycles. The average Bonchev–Trinajstić information content (AvgIpc) is 2.69. The Hall–Kier alpha value is -2.43. The summed E-state index contributed by atoms with van der Waals surface area (Å²) in [5, 5.41) is 5.61. The number of amides is 1. The zero-order valence-electron chi connectivity index (χ0n) is 10.7. The maximum atomic E-state index is 13.3. The molecule has 20 heavy (non-hydrogen) atoms. The highest BCUT2D eigenvalue weighted by molar-refractivity contribution is 6.04. The summed E-state index contributed by atoms with van der Waals surface area (Å²) >= 11 is 0. The fourth-order valence-electron chi connectivity index (χ4n) is 2.28. The Labute approximate surface area is 114 Å². The number of carbonyl (C=O) groups is 1. The molecule has 3 nitrogen and oxygen atoms in total. The van der Waals surface area contributed by atoms with Crippen LogP contribution in [0.2, 0.25) is 0 Å². The Balaban J connectivity index is 1.96. The SMILES string of the molecule is Cc1ccc(F)cc1NC1C(=O)Nc2cc(F)ccc21.